The number of benzene rings is 2. The monoisotopic (exact) mass is 356 g/mol. The number of carbonyl (C=O) groups is 3. The molecule has 0 saturated heterocycles. The summed E-state index contributed by atoms with van der Waals surface area (Å²) in [6, 6.07) is 12.6. The maximum absolute atomic E-state index is 12.5. The summed E-state index contributed by atoms with van der Waals surface area (Å²) in [5.41, 5.74) is 1.54. The molecule has 26 heavy (non-hydrogen) atoms. The van der Waals surface area contributed by atoms with Crippen LogP contribution in [0.1, 0.15) is 27.6 Å². The van der Waals surface area contributed by atoms with E-state index in [0.29, 0.717) is 11.3 Å². The summed E-state index contributed by atoms with van der Waals surface area (Å²) in [5.74, 6) is -0.919. The molecule has 0 heterocycles. The normalized spacial score (nSPS) is 11.2. The Balaban J connectivity index is 2.27. The standard InChI is InChI=1S/C19H20N2O5/c1-12-9-10-14(11-15(12)25-3)18(23)26-16(13-7-5-4-6-8-13)17(22)21-19(24)20-2/h4-11,16H,1-3H3,(H2,20,21,22,24)/t16-/m0/s1. The lowest BCUT2D eigenvalue weighted by atomic mass is 10.1. The summed E-state index contributed by atoms with van der Waals surface area (Å²) in [5, 5.41) is 4.41. The number of carbonyl (C=O) groups excluding carboxylic acids is 3. The van der Waals surface area contributed by atoms with Gasteiger partial charge in [-0.05, 0) is 24.6 Å². The van der Waals surface area contributed by atoms with Crippen LogP contribution < -0.4 is 15.4 Å². The van der Waals surface area contributed by atoms with Crippen LogP contribution in [0, 0.1) is 6.92 Å². The number of imide groups is 1. The molecule has 0 aliphatic carbocycles. The maximum Gasteiger partial charge on any atom is 0.339 e. The van der Waals surface area contributed by atoms with Crippen LogP contribution in [0.25, 0.3) is 0 Å². The van der Waals surface area contributed by atoms with Gasteiger partial charge in [-0.15, -0.1) is 0 Å². The third-order valence-electron chi connectivity index (χ3n) is 3.67. The summed E-state index contributed by atoms with van der Waals surface area (Å²) in [6.45, 7) is 1.84. The molecule has 1 atom stereocenters. The summed E-state index contributed by atoms with van der Waals surface area (Å²) in [6.07, 6.45) is -1.27. The van der Waals surface area contributed by atoms with E-state index in [-0.39, 0.29) is 5.56 Å². The van der Waals surface area contributed by atoms with Gasteiger partial charge in [-0.3, -0.25) is 10.1 Å². The number of ether oxygens (including phenoxy) is 2. The van der Waals surface area contributed by atoms with Crippen LogP contribution >= 0.6 is 0 Å². The molecule has 0 aromatic heterocycles. The van der Waals surface area contributed by atoms with Crippen LogP contribution in [-0.4, -0.2) is 32.1 Å². The molecule has 0 fully saturated rings. The number of nitrogens with one attached hydrogen (secondary N) is 2. The lowest BCUT2D eigenvalue weighted by Crippen LogP contribution is -2.41. The highest BCUT2D eigenvalue weighted by molar-refractivity contribution is 5.99. The van der Waals surface area contributed by atoms with Crippen molar-refractivity contribution < 1.29 is 23.9 Å². The van der Waals surface area contributed by atoms with Crippen molar-refractivity contribution in [2.24, 2.45) is 0 Å². The second kappa shape index (κ2) is 8.66. The van der Waals surface area contributed by atoms with Gasteiger partial charge < -0.3 is 14.8 Å². The van der Waals surface area contributed by atoms with Crippen LogP contribution in [0.15, 0.2) is 48.5 Å². The molecule has 0 aliphatic rings. The minimum Gasteiger partial charge on any atom is -0.496 e. The van der Waals surface area contributed by atoms with E-state index in [2.05, 4.69) is 10.6 Å². The van der Waals surface area contributed by atoms with Gasteiger partial charge in [-0.25, -0.2) is 9.59 Å². The largest absolute Gasteiger partial charge is 0.496 e. The van der Waals surface area contributed by atoms with Gasteiger partial charge in [0.2, 0.25) is 6.10 Å². The zero-order valence-corrected chi connectivity index (χ0v) is 14.7. The smallest absolute Gasteiger partial charge is 0.339 e. The zero-order chi connectivity index (χ0) is 19.1. The van der Waals surface area contributed by atoms with Crippen molar-refractivity contribution >= 4 is 17.9 Å². The molecule has 3 amide bonds. The van der Waals surface area contributed by atoms with Crippen LogP contribution in [0.2, 0.25) is 0 Å². The number of hydrogen-bond donors (Lipinski definition) is 2. The zero-order valence-electron chi connectivity index (χ0n) is 14.7. The van der Waals surface area contributed by atoms with Gasteiger partial charge >= 0.3 is 12.0 Å². The molecule has 0 unspecified atom stereocenters. The molecule has 136 valence electrons. The molecule has 7 heteroatoms. The number of esters is 1. The van der Waals surface area contributed by atoms with Crippen molar-refractivity contribution in [2.75, 3.05) is 14.2 Å². The van der Waals surface area contributed by atoms with E-state index in [0.717, 1.165) is 5.56 Å². The Kier molecular flexibility index (Phi) is 6.32. The Morgan fingerprint density at radius 2 is 1.73 bits per heavy atom. The first-order valence-corrected chi connectivity index (χ1v) is 7.89. The summed E-state index contributed by atoms with van der Waals surface area (Å²) in [4.78, 5) is 36.3. The van der Waals surface area contributed by atoms with E-state index >= 15 is 0 Å². The van der Waals surface area contributed by atoms with Crippen molar-refractivity contribution in [1.29, 1.82) is 0 Å². The Labute approximate surface area is 151 Å². The highest BCUT2D eigenvalue weighted by atomic mass is 16.5. The molecule has 0 saturated carbocycles. The van der Waals surface area contributed by atoms with Crippen molar-refractivity contribution in [3.8, 4) is 5.75 Å². The van der Waals surface area contributed by atoms with Crippen molar-refractivity contribution in [2.45, 2.75) is 13.0 Å². The van der Waals surface area contributed by atoms with Gasteiger partial charge in [0.05, 0.1) is 12.7 Å². The van der Waals surface area contributed by atoms with E-state index in [9.17, 15) is 14.4 Å². The topological polar surface area (TPSA) is 93.7 Å². The SMILES string of the molecule is CNC(=O)NC(=O)[C@@H](OC(=O)c1ccc(C)c(OC)c1)c1ccccc1. The average molecular weight is 356 g/mol. The van der Waals surface area contributed by atoms with Gasteiger partial charge in [-0.1, -0.05) is 36.4 Å². The van der Waals surface area contributed by atoms with E-state index in [4.69, 9.17) is 9.47 Å². The lowest BCUT2D eigenvalue weighted by molar-refractivity contribution is -0.129. The highest BCUT2D eigenvalue weighted by Gasteiger charge is 2.27. The van der Waals surface area contributed by atoms with E-state index in [1.54, 1.807) is 42.5 Å². The minimum absolute atomic E-state index is 0.237. The molecule has 0 bridgehead atoms. The van der Waals surface area contributed by atoms with Gasteiger partial charge in [-0.2, -0.15) is 0 Å². The van der Waals surface area contributed by atoms with E-state index in [1.165, 1.54) is 20.2 Å². The van der Waals surface area contributed by atoms with Crippen LogP contribution in [-0.2, 0) is 9.53 Å². The van der Waals surface area contributed by atoms with Gasteiger partial charge in [0.25, 0.3) is 5.91 Å². The molecule has 2 aromatic rings. The minimum atomic E-state index is -1.27. The quantitative estimate of drug-likeness (QED) is 0.802. The first-order valence-electron chi connectivity index (χ1n) is 7.89. The number of urea groups is 1. The Morgan fingerprint density at radius 3 is 2.35 bits per heavy atom. The van der Waals surface area contributed by atoms with Gasteiger partial charge in [0, 0.05) is 12.6 Å². The fourth-order valence-corrected chi connectivity index (χ4v) is 2.26. The number of aryl methyl sites for hydroxylation is 1. The Bertz CT molecular complexity index is 805. The molecular weight excluding hydrogens is 336 g/mol. The number of amides is 3. The molecule has 2 rings (SSSR count). The molecule has 0 radical (unpaired) electrons. The van der Waals surface area contributed by atoms with E-state index < -0.39 is 24.0 Å². The second-order valence-electron chi connectivity index (χ2n) is 5.45. The maximum atomic E-state index is 12.5. The predicted molar refractivity (Wildman–Crippen MR) is 94.9 cm³/mol. The number of methoxy groups -OCH3 is 1. The van der Waals surface area contributed by atoms with Crippen LogP contribution in [0.4, 0.5) is 4.79 Å². The summed E-state index contributed by atoms with van der Waals surface area (Å²) in [7, 11) is 2.88. The molecular formula is C19H20N2O5. The molecule has 2 N–H and O–H groups in total. The Hall–Kier alpha value is -3.35. The van der Waals surface area contributed by atoms with Crippen molar-refractivity contribution in [1.82, 2.24) is 10.6 Å². The fourth-order valence-electron chi connectivity index (χ4n) is 2.26. The molecule has 0 aliphatic heterocycles. The average Bonchev–Trinajstić information content (AvgIpc) is 2.66. The summed E-state index contributed by atoms with van der Waals surface area (Å²) >= 11 is 0. The number of rotatable bonds is 5. The first-order chi connectivity index (χ1) is 12.5. The third-order valence-corrected chi connectivity index (χ3v) is 3.67. The van der Waals surface area contributed by atoms with Crippen molar-refractivity contribution in [3.63, 3.8) is 0 Å². The second-order valence-corrected chi connectivity index (χ2v) is 5.45. The van der Waals surface area contributed by atoms with Crippen LogP contribution in [0.3, 0.4) is 0 Å². The fraction of sp³-hybridized carbons (Fsp3) is 0.211. The van der Waals surface area contributed by atoms with Crippen LogP contribution in [0.5, 0.6) is 5.75 Å². The van der Waals surface area contributed by atoms with Gasteiger partial charge in [0.1, 0.15) is 5.75 Å². The molecule has 0 spiro atoms. The summed E-state index contributed by atoms with van der Waals surface area (Å²) < 4.78 is 10.6. The third kappa shape index (κ3) is 4.60. The molecule has 7 nitrogen and oxygen atoms in total. The molecule has 2 aromatic carbocycles. The predicted octanol–water partition coefficient (Wildman–Crippen LogP) is 2.36. The van der Waals surface area contributed by atoms with Gasteiger partial charge in [0.15, 0.2) is 0 Å². The van der Waals surface area contributed by atoms with Crippen molar-refractivity contribution in [3.05, 3.63) is 65.2 Å². The van der Waals surface area contributed by atoms with E-state index in [1.807, 2.05) is 6.92 Å². The Morgan fingerprint density at radius 1 is 1.04 bits per heavy atom. The number of hydrogen-bond acceptors (Lipinski definition) is 5. The first kappa shape index (κ1) is 19.0. The lowest BCUT2D eigenvalue weighted by Gasteiger charge is -2.18. The highest BCUT2D eigenvalue weighted by Crippen LogP contribution is 2.23.